The van der Waals surface area contributed by atoms with Gasteiger partial charge in [-0.2, -0.15) is 5.10 Å². The molecular formula is C12H18N6O. The SMILES string of the molecule is CCc1[nH]nc(C(=O)NCCCc2ncc[nH]2)c1N. The van der Waals surface area contributed by atoms with Crippen molar-refractivity contribution in [1.82, 2.24) is 25.5 Å². The number of H-pyrrole nitrogens is 2. The molecule has 1 amide bonds. The lowest BCUT2D eigenvalue weighted by molar-refractivity contribution is 0.0949. The number of carbonyl (C=O) groups excluding carboxylic acids is 1. The fraction of sp³-hybridized carbons (Fsp3) is 0.417. The van der Waals surface area contributed by atoms with Gasteiger partial charge in [0, 0.05) is 25.4 Å². The van der Waals surface area contributed by atoms with E-state index in [4.69, 9.17) is 5.73 Å². The number of hydrogen-bond donors (Lipinski definition) is 4. The van der Waals surface area contributed by atoms with Crippen LogP contribution >= 0.6 is 0 Å². The molecule has 0 saturated heterocycles. The van der Waals surface area contributed by atoms with Crippen LogP contribution in [0.25, 0.3) is 0 Å². The molecule has 0 radical (unpaired) electrons. The Morgan fingerprint density at radius 2 is 2.37 bits per heavy atom. The number of nitrogens with one attached hydrogen (secondary N) is 3. The molecule has 2 aromatic heterocycles. The standard InChI is InChI=1S/C12H18N6O/c1-2-8-10(13)11(18-17-8)12(19)16-5-3-4-9-14-6-7-15-9/h6-7H,2-5,13H2,1H3,(H,14,15)(H,16,19)(H,17,18). The lowest BCUT2D eigenvalue weighted by Gasteiger charge is -2.03. The van der Waals surface area contributed by atoms with Crippen molar-refractivity contribution < 1.29 is 4.79 Å². The van der Waals surface area contributed by atoms with Crippen LogP contribution in [0.5, 0.6) is 0 Å². The fourth-order valence-electron chi connectivity index (χ4n) is 1.81. The first-order chi connectivity index (χ1) is 9.22. The van der Waals surface area contributed by atoms with E-state index in [1.54, 1.807) is 12.4 Å². The normalized spacial score (nSPS) is 10.6. The highest BCUT2D eigenvalue weighted by Crippen LogP contribution is 2.13. The van der Waals surface area contributed by atoms with Gasteiger partial charge in [0.2, 0.25) is 0 Å². The molecule has 2 heterocycles. The van der Waals surface area contributed by atoms with Gasteiger partial charge in [-0.3, -0.25) is 9.89 Å². The summed E-state index contributed by atoms with van der Waals surface area (Å²) in [5.74, 6) is 0.676. The van der Waals surface area contributed by atoms with Crippen molar-refractivity contribution in [2.75, 3.05) is 12.3 Å². The van der Waals surface area contributed by atoms with E-state index in [0.29, 0.717) is 12.2 Å². The first-order valence-corrected chi connectivity index (χ1v) is 6.31. The predicted molar refractivity (Wildman–Crippen MR) is 71.6 cm³/mol. The zero-order valence-electron chi connectivity index (χ0n) is 10.9. The van der Waals surface area contributed by atoms with Crippen LogP contribution in [0.3, 0.4) is 0 Å². The zero-order valence-corrected chi connectivity index (χ0v) is 10.9. The van der Waals surface area contributed by atoms with Crippen molar-refractivity contribution in [1.29, 1.82) is 0 Å². The molecule has 0 aromatic carbocycles. The van der Waals surface area contributed by atoms with E-state index in [-0.39, 0.29) is 11.6 Å². The highest BCUT2D eigenvalue weighted by Gasteiger charge is 2.15. The first-order valence-electron chi connectivity index (χ1n) is 6.31. The highest BCUT2D eigenvalue weighted by atomic mass is 16.1. The molecule has 0 bridgehead atoms. The van der Waals surface area contributed by atoms with Gasteiger partial charge in [-0.25, -0.2) is 4.98 Å². The number of imidazole rings is 1. The maximum absolute atomic E-state index is 11.9. The van der Waals surface area contributed by atoms with Gasteiger partial charge in [0.05, 0.1) is 11.4 Å². The molecule has 0 aliphatic heterocycles. The second kappa shape index (κ2) is 6.03. The van der Waals surface area contributed by atoms with Crippen molar-refractivity contribution in [3.05, 3.63) is 29.6 Å². The molecule has 0 fully saturated rings. The Balaban J connectivity index is 1.79. The van der Waals surface area contributed by atoms with Gasteiger partial charge in [-0.05, 0) is 12.8 Å². The van der Waals surface area contributed by atoms with Crippen molar-refractivity contribution in [3.8, 4) is 0 Å². The van der Waals surface area contributed by atoms with Gasteiger partial charge >= 0.3 is 0 Å². The Morgan fingerprint density at radius 3 is 3.00 bits per heavy atom. The van der Waals surface area contributed by atoms with Crippen molar-refractivity contribution >= 4 is 11.6 Å². The Kier molecular flexibility index (Phi) is 4.17. The highest BCUT2D eigenvalue weighted by molar-refractivity contribution is 5.97. The summed E-state index contributed by atoms with van der Waals surface area (Å²) in [7, 11) is 0. The van der Waals surface area contributed by atoms with E-state index in [9.17, 15) is 4.79 Å². The topological polar surface area (TPSA) is 112 Å². The van der Waals surface area contributed by atoms with Crippen LogP contribution in [0.4, 0.5) is 5.69 Å². The van der Waals surface area contributed by atoms with Crippen molar-refractivity contribution in [2.45, 2.75) is 26.2 Å². The Labute approximate surface area is 111 Å². The molecule has 5 N–H and O–H groups in total. The monoisotopic (exact) mass is 262 g/mol. The number of nitrogen functional groups attached to an aromatic ring is 1. The number of anilines is 1. The average molecular weight is 262 g/mol. The van der Waals surface area contributed by atoms with E-state index in [0.717, 1.165) is 30.8 Å². The van der Waals surface area contributed by atoms with Crippen LogP contribution in [-0.4, -0.2) is 32.6 Å². The number of hydrogen-bond acceptors (Lipinski definition) is 4. The lowest BCUT2D eigenvalue weighted by atomic mass is 10.2. The second-order valence-corrected chi connectivity index (χ2v) is 4.21. The van der Waals surface area contributed by atoms with Gasteiger partial charge in [-0.15, -0.1) is 0 Å². The molecule has 0 spiro atoms. The van der Waals surface area contributed by atoms with Crippen molar-refractivity contribution in [3.63, 3.8) is 0 Å². The molecule has 0 atom stereocenters. The van der Waals surface area contributed by atoms with Gasteiger partial charge in [0.25, 0.3) is 5.91 Å². The van der Waals surface area contributed by atoms with Gasteiger partial charge in [0.15, 0.2) is 5.69 Å². The summed E-state index contributed by atoms with van der Waals surface area (Å²) < 4.78 is 0. The van der Waals surface area contributed by atoms with Crippen LogP contribution in [0.1, 0.15) is 35.4 Å². The molecule has 102 valence electrons. The molecule has 19 heavy (non-hydrogen) atoms. The predicted octanol–water partition coefficient (Wildman–Crippen LogP) is 0.640. The number of nitrogens with zero attached hydrogens (tertiary/aromatic N) is 2. The number of nitrogens with two attached hydrogens (primary N) is 1. The summed E-state index contributed by atoms with van der Waals surface area (Å²) in [6.07, 6.45) is 5.83. The summed E-state index contributed by atoms with van der Waals surface area (Å²) >= 11 is 0. The fourth-order valence-corrected chi connectivity index (χ4v) is 1.81. The van der Waals surface area contributed by atoms with E-state index >= 15 is 0 Å². The molecule has 0 saturated carbocycles. The molecule has 0 aliphatic carbocycles. The van der Waals surface area contributed by atoms with Crippen LogP contribution < -0.4 is 11.1 Å². The average Bonchev–Trinajstić information content (AvgIpc) is 3.03. The summed E-state index contributed by atoms with van der Waals surface area (Å²) in [4.78, 5) is 19.0. The minimum atomic E-state index is -0.243. The maximum atomic E-state index is 11.9. The lowest BCUT2D eigenvalue weighted by Crippen LogP contribution is -2.26. The Hall–Kier alpha value is -2.31. The number of aromatic nitrogens is 4. The molecular weight excluding hydrogens is 244 g/mol. The van der Waals surface area contributed by atoms with Crippen LogP contribution in [0.2, 0.25) is 0 Å². The second-order valence-electron chi connectivity index (χ2n) is 4.21. The molecule has 7 heteroatoms. The quantitative estimate of drug-likeness (QED) is 0.572. The third-order valence-corrected chi connectivity index (χ3v) is 2.88. The minimum Gasteiger partial charge on any atom is -0.395 e. The summed E-state index contributed by atoms with van der Waals surface area (Å²) in [5.41, 5.74) is 7.33. The number of carbonyl (C=O) groups is 1. The number of amides is 1. The summed E-state index contributed by atoms with van der Waals surface area (Å²) in [5, 5.41) is 9.50. The van der Waals surface area contributed by atoms with E-state index in [1.165, 1.54) is 0 Å². The van der Waals surface area contributed by atoms with E-state index in [2.05, 4.69) is 25.5 Å². The summed E-state index contributed by atoms with van der Waals surface area (Å²) in [6, 6.07) is 0. The minimum absolute atomic E-state index is 0.243. The van der Waals surface area contributed by atoms with Crippen LogP contribution in [0, 0.1) is 0 Å². The zero-order chi connectivity index (χ0) is 13.7. The molecule has 2 rings (SSSR count). The van der Waals surface area contributed by atoms with E-state index in [1.807, 2.05) is 6.92 Å². The number of rotatable bonds is 6. The Morgan fingerprint density at radius 1 is 1.53 bits per heavy atom. The molecule has 0 unspecified atom stereocenters. The Bertz CT molecular complexity index is 530. The van der Waals surface area contributed by atoms with Gasteiger partial charge in [0.1, 0.15) is 5.82 Å². The molecule has 7 nitrogen and oxygen atoms in total. The molecule has 2 aromatic rings. The third-order valence-electron chi connectivity index (χ3n) is 2.88. The van der Waals surface area contributed by atoms with Crippen molar-refractivity contribution in [2.24, 2.45) is 0 Å². The maximum Gasteiger partial charge on any atom is 0.273 e. The summed E-state index contributed by atoms with van der Waals surface area (Å²) in [6.45, 7) is 2.52. The van der Waals surface area contributed by atoms with Crippen LogP contribution in [-0.2, 0) is 12.8 Å². The van der Waals surface area contributed by atoms with E-state index < -0.39 is 0 Å². The number of aromatic amines is 2. The number of aryl methyl sites for hydroxylation is 2. The third kappa shape index (κ3) is 3.12. The van der Waals surface area contributed by atoms with Crippen LogP contribution in [0.15, 0.2) is 12.4 Å². The molecule has 0 aliphatic rings. The first kappa shape index (κ1) is 13.1. The largest absolute Gasteiger partial charge is 0.395 e. The van der Waals surface area contributed by atoms with Gasteiger partial charge < -0.3 is 16.0 Å². The van der Waals surface area contributed by atoms with Gasteiger partial charge in [-0.1, -0.05) is 6.92 Å². The smallest absolute Gasteiger partial charge is 0.273 e.